The van der Waals surface area contributed by atoms with E-state index >= 15 is 0 Å². The summed E-state index contributed by atoms with van der Waals surface area (Å²) < 4.78 is 20.0. The summed E-state index contributed by atoms with van der Waals surface area (Å²) >= 11 is 0. The number of carbonyl (C=O) groups excluding carboxylic acids is 1. The quantitative estimate of drug-likeness (QED) is 0.535. The van der Waals surface area contributed by atoms with Crippen LogP contribution in [-0.4, -0.2) is 51.8 Å². The van der Waals surface area contributed by atoms with Crippen molar-refractivity contribution < 1.29 is 18.8 Å². The molecule has 0 spiro atoms. The first-order chi connectivity index (χ1) is 15.7. The third-order valence-corrected chi connectivity index (χ3v) is 6.33. The number of hydrogen-bond acceptors (Lipinski definition) is 6. The number of aromatic nitrogens is 3. The number of benzene rings is 1. The molecule has 0 unspecified atom stereocenters. The summed E-state index contributed by atoms with van der Waals surface area (Å²) in [5, 5.41) is 5.39. The van der Waals surface area contributed by atoms with Gasteiger partial charge in [-0.2, -0.15) is 5.10 Å². The average Bonchev–Trinajstić information content (AvgIpc) is 3.23. The fourth-order valence-corrected chi connectivity index (χ4v) is 3.78. The lowest BCUT2D eigenvalue weighted by Crippen LogP contribution is -2.41. The van der Waals surface area contributed by atoms with E-state index in [1.807, 2.05) is 85.7 Å². The number of hydrogen-bond donors (Lipinski definition) is 0. The van der Waals surface area contributed by atoms with Gasteiger partial charge in [0.25, 0.3) is 0 Å². The molecule has 3 aromatic rings. The van der Waals surface area contributed by atoms with Crippen molar-refractivity contribution in [2.45, 2.75) is 72.2 Å². The van der Waals surface area contributed by atoms with Gasteiger partial charge in [-0.15, -0.1) is 0 Å². The minimum absolute atomic E-state index is 0.457. The van der Waals surface area contributed by atoms with Crippen molar-refractivity contribution in [2.75, 3.05) is 11.9 Å². The van der Waals surface area contributed by atoms with Crippen molar-refractivity contribution in [1.29, 1.82) is 0 Å². The van der Waals surface area contributed by atoms with Crippen molar-refractivity contribution in [3.05, 3.63) is 42.2 Å². The topological polar surface area (TPSA) is 78.7 Å². The Hall–Kier alpha value is -2.91. The SMILES string of the molecule is Cc1cccc(-n2ncc3c(N(C)C(=O)OC(C)(C)C)cc(B4OC(C)(C)C(C)(C)O4)cc32)n1. The van der Waals surface area contributed by atoms with E-state index in [4.69, 9.17) is 14.0 Å². The number of ether oxygens (including phenoxy) is 1. The number of fused-ring (bicyclic) bond motifs is 1. The first kappa shape index (κ1) is 24.2. The monoisotopic (exact) mass is 464 g/mol. The lowest BCUT2D eigenvalue weighted by molar-refractivity contribution is 0.00578. The molecule has 1 aliphatic heterocycles. The molecule has 0 atom stereocenters. The summed E-state index contributed by atoms with van der Waals surface area (Å²) in [6, 6.07) is 9.67. The second-order valence-corrected chi connectivity index (χ2v) is 10.8. The van der Waals surface area contributed by atoms with Crippen molar-refractivity contribution in [2.24, 2.45) is 0 Å². The molecule has 2 aromatic heterocycles. The Morgan fingerprint density at radius 2 is 1.76 bits per heavy atom. The first-order valence-corrected chi connectivity index (χ1v) is 11.5. The molecule has 3 heterocycles. The van der Waals surface area contributed by atoms with E-state index in [1.165, 1.54) is 4.90 Å². The van der Waals surface area contributed by atoms with Gasteiger partial charge in [0.1, 0.15) is 5.60 Å². The van der Waals surface area contributed by atoms with E-state index in [-0.39, 0.29) is 0 Å². The van der Waals surface area contributed by atoms with E-state index in [0.29, 0.717) is 11.5 Å². The van der Waals surface area contributed by atoms with Crippen molar-refractivity contribution in [3.8, 4) is 5.82 Å². The minimum Gasteiger partial charge on any atom is -0.443 e. The van der Waals surface area contributed by atoms with Gasteiger partial charge in [0.2, 0.25) is 0 Å². The van der Waals surface area contributed by atoms with Crippen LogP contribution in [0.3, 0.4) is 0 Å². The summed E-state index contributed by atoms with van der Waals surface area (Å²) in [7, 11) is 1.09. The summed E-state index contributed by atoms with van der Waals surface area (Å²) in [5.74, 6) is 0.687. The summed E-state index contributed by atoms with van der Waals surface area (Å²) in [6.45, 7) is 15.5. The molecule has 1 amide bonds. The standard InChI is InChI=1S/C25H33BN4O4/c1-16-11-10-12-21(28-16)30-20-14-17(26-33-24(5,6)25(7,8)34-26)13-19(18(20)15-27-30)29(9)22(31)32-23(2,3)4/h10-15H,1-9H3. The van der Waals surface area contributed by atoms with Gasteiger partial charge in [-0.3, -0.25) is 4.90 Å². The fourth-order valence-electron chi connectivity index (χ4n) is 3.78. The molecule has 34 heavy (non-hydrogen) atoms. The smallest absolute Gasteiger partial charge is 0.443 e. The van der Waals surface area contributed by atoms with Crippen LogP contribution in [0.1, 0.15) is 54.2 Å². The molecule has 0 bridgehead atoms. The largest absolute Gasteiger partial charge is 0.494 e. The molecule has 4 rings (SSSR count). The lowest BCUT2D eigenvalue weighted by Gasteiger charge is -2.32. The highest BCUT2D eigenvalue weighted by molar-refractivity contribution is 6.62. The van der Waals surface area contributed by atoms with Crippen molar-refractivity contribution in [1.82, 2.24) is 14.8 Å². The Balaban J connectivity index is 1.88. The molecule has 8 nitrogen and oxygen atoms in total. The number of nitrogens with zero attached hydrogens (tertiary/aromatic N) is 4. The zero-order valence-corrected chi connectivity index (χ0v) is 21.5. The second kappa shape index (κ2) is 8.10. The van der Waals surface area contributed by atoms with E-state index in [0.717, 1.165) is 22.1 Å². The Morgan fingerprint density at radius 3 is 2.35 bits per heavy atom. The normalized spacial score (nSPS) is 17.3. The van der Waals surface area contributed by atoms with Crippen LogP contribution >= 0.6 is 0 Å². The summed E-state index contributed by atoms with van der Waals surface area (Å²) in [6.07, 6.45) is 1.28. The predicted molar refractivity (Wildman–Crippen MR) is 134 cm³/mol. The molecule has 0 radical (unpaired) electrons. The third-order valence-electron chi connectivity index (χ3n) is 6.33. The molecule has 1 saturated heterocycles. The molecule has 1 fully saturated rings. The van der Waals surface area contributed by atoms with Crippen LogP contribution in [0.5, 0.6) is 0 Å². The maximum Gasteiger partial charge on any atom is 0.494 e. The zero-order chi connectivity index (χ0) is 25.1. The van der Waals surface area contributed by atoms with Gasteiger partial charge in [-0.1, -0.05) is 6.07 Å². The number of pyridine rings is 1. The maximum absolute atomic E-state index is 13.0. The van der Waals surface area contributed by atoms with E-state index in [9.17, 15) is 4.79 Å². The third kappa shape index (κ3) is 4.42. The van der Waals surface area contributed by atoms with Crippen LogP contribution < -0.4 is 10.4 Å². The molecule has 1 aliphatic rings. The van der Waals surface area contributed by atoms with Crippen LogP contribution in [0.15, 0.2) is 36.5 Å². The molecular weight excluding hydrogens is 431 g/mol. The Morgan fingerprint density at radius 1 is 1.12 bits per heavy atom. The van der Waals surface area contributed by atoms with Gasteiger partial charge in [0.15, 0.2) is 5.82 Å². The highest BCUT2D eigenvalue weighted by Gasteiger charge is 2.52. The van der Waals surface area contributed by atoms with Gasteiger partial charge < -0.3 is 14.0 Å². The fraction of sp³-hybridized carbons (Fsp3) is 0.480. The molecule has 9 heteroatoms. The van der Waals surface area contributed by atoms with E-state index in [1.54, 1.807) is 17.9 Å². The van der Waals surface area contributed by atoms with Crippen LogP contribution in [0.4, 0.5) is 10.5 Å². The van der Waals surface area contributed by atoms with E-state index in [2.05, 4.69) is 10.1 Å². The number of rotatable bonds is 3. The van der Waals surface area contributed by atoms with Crippen LogP contribution in [0.25, 0.3) is 16.7 Å². The second-order valence-electron chi connectivity index (χ2n) is 10.8. The molecule has 1 aromatic carbocycles. The van der Waals surface area contributed by atoms with Crippen LogP contribution in [0, 0.1) is 6.92 Å². The predicted octanol–water partition coefficient (Wildman–Crippen LogP) is 4.40. The lowest BCUT2D eigenvalue weighted by atomic mass is 9.78. The Kier molecular flexibility index (Phi) is 5.77. The molecule has 0 aliphatic carbocycles. The number of anilines is 1. The highest BCUT2D eigenvalue weighted by Crippen LogP contribution is 2.37. The number of amides is 1. The van der Waals surface area contributed by atoms with Crippen molar-refractivity contribution >= 4 is 35.3 Å². The van der Waals surface area contributed by atoms with Gasteiger partial charge in [-0.05, 0) is 85.1 Å². The van der Waals surface area contributed by atoms with E-state index < -0.39 is 30.0 Å². The average molecular weight is 464 g/mol. The van der Waals surface area contributed by atoms with Gasteiger partial charge in [0.05, 0.1) is 28.6 Å². The molecular formula is C25H33BN4O4. The van der Waals surface area contributed by atoms with Gasteiger partial charge in [-0.25, -0.2) is 14.5 Å². The maximum atomic E-state index is 13.0. The van der Waals surface area contributed by atoms with Gasteiger partial charge >= 0.3 is 13.2 Å². The minimum atomic E-state index is -0.622. The first-order valence-electron chi connectivity index (χ1n) is 11.5. The summed E-state index contributed by atoms with van der Waals surface area (Å²) in [4.78, 5) is 19.1. The Bertz CT molecular complexity index is 1230. The summed E-state index contributed by atoms with van der Waals surface area (Å²) in [5.41, 5.74) is 1.49. The number of aryl methyl sites for hydroxylation is 1. The molecule has 0 N–H and O–H groups in total. The van der Waals surface area contributed by atoms with Crippen LogP contribution in [-0.2, 0) is 14.0 Å². The van der Waals surface area contributed by atoms with Crippen molar-refractivity contribution in [3.63, 3.8) is 0 Å². The highest BCUT2D eigenvalue weighted by atomic mass is 16.7. The molecule has 180 valence electrons. The zero-order valence-electron chi connectivity index (χ0n) is 21.5. The van der Waals surface area contributed by atoms with Crippen LogP contribution in [0.2, 0.25) is 0 Å². The Labute approximate surface area is 201 Å². The number of carbonyl (C=O) groups is 1. The van der Waals surface area contributed by atoms with Gasteiger partial charge in [0, 0.05) is 18.1 Å². The molecule has 0 saturated carbocycles.